The number of likely N-dealkylation sites (tertiary alicyclic amines) is 1. The van der Waals surface area contributed by atoms with Gasteiger partial charge in [0.05, 0.1) is 36.4 Å². The van der Waals surface area contributed by atoms with Crippen LogP contribution in [-0.4, -0.2) is 57.8 Å². The highest BCUT2D eigenvalue weighted by Gasteiger charge is 2.63. The fraction of sp³-hybridized carbons (Fsp3) is 0.435. The van der Waals surface area contributed by atoms with Gasteiger partial charge in [-0.3, -0.25) is 4.79 Å². The maximum absolute atomic E-state index is 16.0. The van der Waals surface area contributed by atoms with Gasteiger partial charge in [-0.05, 0) is 29.7 Å². The molecule has 0 aromatic heterocycles. The Morgan fingerprint density at radius 2 is 1.88 bits per heavy atom. The van der Waals surface area contributed by atoms with Gasteiger partial charge in [0.15, 0.2) is 0 Å². The van der Waals surface area contributed by atoms with Gasteiger partial charge in [-0.1, -0.05) is 30.3 Å². The molecule has 1 heterocycles. The van der Waals surface area contributed by atoms with Crippen LogP contribution in [-0.2, 0) is 25.2 Å². The normalized spacial score (nSPS) is 25.4. The van der Waals surface area contributed by atoms with Crippen molar-refractivity contribution in [3.05, 3.63) is 59.7 Å². The van der Waals surface area contributed by atoms with E-state index < -0.39 is 51.2 Å². The fourth-order valence-electron chi connectivity index (χ4n) is 4.62. The Morgan fingerprint density at radius 3 is 2.45 bits per heavy atom. The van der Waals surface area contributed by atoms with Gasteiger partial charge in [-0.2, -0.15) is 0 Å². The number of benzene rings is 2. The summed E-state index contributed by atoms with van der Waals surface area (Å²) < 4.78 is 75.8. The van der Waals surface area contributed by atoms with Crippen molar-refractivity contribution in [2.24, 2.45) is 5.92 Å². The van der Waals surface area contributed by atoms with Crippen LogP contribution in [0.15, 0.2) is 42.5 Å². The number of hydrogen-bond donors (Lipinski definition) is 1. The molecule has 2 aromatic rings. The highest BCUT2D eigenvalue weighted by atomic mass is 32.2. The minimum absolute atomic E-state index is 0.0579. The zero-order valence-electron chi connectivity index (χ0n) is 18.2. The highest BCUT2D eigenvalue weighted by molar-refractivity contribution is 7.88. The van der Waals surface area contributed by atoms with E-state index >= 15 is 4.39 Å². The molecule has 178 valence electrons. The lowest BCUT2D eigenvalue weighted by atomic mass is 9.92. The smallest absolute Gasteiger partial charge is 0.229 e. The lowest BCUT2D eigenvalue weighted by Gasteiger charge is -2.45. The van der Waals surface area contributed by atoms with Gasteiger partial charge < -0.3 is 9.64 Å². The van der Waals surface area contributed by atoms with E-state index in [1.807, 2.05) is 0 Å². The Morgan fingerprint density at radius 1 is 1.21 bits per heavy atom. The van der Waals surface area contributed by atoms with Crippen LogP contribution in [0.2, 0.25) is 0 Å². The molecule has 1 saturated heterocycles. The molecule has 2 fully saturated rings. The summed E-state index contributed by atoms with van der Waals surface area (Å²) in [6.45, 7) is 0.424. The second kappa shape index (κ2) is 8.73. The number of methoxy groups -OCH3 is 1. The number of alkyl halides is 1. The number of hydrogen-bond acceptors (Lipinski definition) is 4. The predicted octanol–water partition coefficient (Wildman–Crippen LogP) is 2.98. The van der Waals surface area contributed by atoms with Gasteiger partial charge in [-0.25, -0.2) is 26.3 Å². The third-order valence-corrected chi connectivity index (χ3v) is 7.05. The van der Waals surface area contributed by atoms with Gasteiger partial charge >= 0.3 is 0 Å². The van der Waals surface area contributed by atoms with E-state index in [9.17, 15) is 22.0 Å². The lowest BCUT2D eigenvalue weighted by Crippen LogP contribution is -2.62. The van der Waals surface area contributed by atoms with Crippen molar-refractivity contribution in [3.63, 3.8) is 0 Å². The average molecular weight is 483 g/mol. The Bertz CT molecular complexity index is 1160. The molecular formula is C23H25F3N2O4S. The van der Waals surface area contributed by atoms with Crippen molar-refractivity contribution < 1.29 is 31.1 Å². The SMILES string of the molecule is COC[C@H](NS(C)(=O)=O)[C@H]1CCN1C(=O)[C@@H]1C[C@@]1(F)c1ccccc1-c1c(F)cccc1F. The number of ether oxygens (including phenoxy) is 1. The molecular weight excluding hydrogens is 457 g/mol. The topological polar surface area (TPSA) is 75.7 Å². The summed E-state index contributed by atoms with van der Waals surface area (Å²) in [5, 5.41) is 0. The molecule has 0 spiro atoms. The molecule has 0 unspecified atom stereocenters. The monoisotopic (exact) mass is 482 g/mol. The van der Waals surface area contributed by atoms with Gasteiger partial charge in [0.2, 0.25) is 15.9 Å². The minimum Gasteiger partial charge on any atom is -0.383 e. The van der Waals surface area contributed by atoms with Crippen molar-refractivity contribution in [1.29, 1.82) is 0 Å². The summed E-state index contributed by atoms with van der Waals surface area (Å²) in [6, 6.07) is 8.33. The van der Waals surface area contributed by atoms with Crippen molar-refractivity contribution >= 4 is 15.9 Å². The van der Waals surface area contributed by atoms with Gasteiger partial charge in [0.1, 0.15) is 17.3 Å². The van der Waals surface area contributed by atoms with Crippen LogP contribution in [0.4, 0.5) is 13.2 Å². The summed E-state index contributed by atoms with van der Waals surface area (Å²) in [6.07, 6.45) is 1.45. The maximum Gasteiger partial charge on any atom is 0.229 e. The second-order valence-electron chi connectivity index (χ2n) is 8.60. The molecule has 33 heavy (non-hydrogen) atoms. The molecule has 2 aliphatic rings. The van der Waals surface area contributed by atoms with E-state index in [-0.39, 0.29) is 29.7 Å². The first kappa shape index (κ1) is 23.7. The van der Waals surface area contributed by atoms with Crippen molar-refractivity contribution in [3.8, 4) is 11.1 Å². The zero-order valence-corrected chi connectivity index (χ0v) is 19.0. The van der Waals surface area contributed by atoms with E-state index in [0.717, 1.165) is 18.4 Å². The highest BCUT2D eigenvalue weighted by Crippen LogP contribution is 2.59. The maximum atomic E-state index is 16.0. The van der Waals surface area contributed by atoms with E-state index in [1.165, 1.54) is 30.2 Å². The second-order valence-corrected chi connectivity index (χ2v) is 10.4. The number of nitrogens with zero attached hydrogens (tertiary/aromatic N) is 1. The van der Waals surface area contributed by atoms with E-state index in [4.69, 9.17) is 4.74 Å². The first-order valence-electron chi connectivity index (χ1n) is 10.6. The third-order valence-electron chi connectivity index (χ3n) is 6.32. The van der Waals surface area contributed by atoms with Crippen LogP contribution in [0, 0.1) is 17.6 Å². The molecule has 1 amide bonds. The zero-order chi connectivity index (χ0) is 24.0. The Balaban J connectivity index is 1.58. The summed E-state index contributed by atoms with van der Waals surface area (Å²) in [4.78, 5) is 14.6. The van der Waals surface area contributed by atoms with E-state index in [1.54, 1.807) is 12.1 Å². The summed E-state index contributed by atoms with van der Waals surface area (Å²) >= 11 is 0. The summed E-state index contributed by atoms with van der Waals surface area (Å²) in [7, 11) is -2.12. The Labute approximate surface area is 190 Å². The van der Waals surface area contributed by atoms with Crippen LogP contribution in [0.25, 0.3) is 11.1 Å². The minimum atomic E-state index is -3.54. The first-order valence-corrected chi connectivity index (χ1v) is 12.5. The number of sulfonamides is 1. The molecule has 4 atom stereocenters. The molecule has 0 radical (unpaired) electrons. The molecule has 1 N–H and O–H groups in total. The summed E-state index contributed by atoms with van der Waals surface area (Å²) in [5.74, 6) is -3.09. The third kappa shape index (κ3) is 4.51. The molecule has 1 aliphatic heterocycles. The van der Waals surface area contributed by atoms with Crippen molar-refractivity contribution in [2.45, 2.75) is 30.6 Å². The molecule has 10 heteroatoms. The van der Waals surface area contributed by atoms with Crippen LogP contribution in [0.3, 0.4) is 0 Å². The predicted molar refractivity (Wildman–Crippen MR) is 116 cm³/mol. The van der Waals surface area contributed by atoms with E-state index in [0.29, 0.717) is 13.0 Å². The quantitative estimate of drug-likeness (QED) is 0.628. The molecule has 6 nitrogen and oxygen atoms in total. The van der Waals surface area contributed by atoms with E-state index in [2.05, 4.69) is 4.72 Å². The number of carbonyl (C=O) groups excluding carboxylic acids is 1. The number of amides is 1. The molecule has 2 aromatic carbocycles. The van der Waals surface area contributed by atoms with Gasteiger partial charge in [-0.15, -0.1) is 0 Å². The van der Waals surface area contributed by atoms with Crippen molar-refractivity contribution in [1.82, 2.24) is 9.62 Å². The lowest BCUT2D eigenvalue weighted by molar-refractivity contribution is -0.143. The largest absolute Gasteiger partial charge is 0.383 e. The molecule has 0 bridgehead atoms. The number of carbonyl (C=O) groups is 1. The number of nitrogens with one attached hydrogen (secondary N) is 1. The Hall–Kier alpha value is -2.43. The molecule has 4 rings (SSSR count). The van der Waals surface area contributed by atoms with Crippen LogP contribution in [0.1, 0.15) is 18.4 Å². The molecule has 1 aliphatic carbocycles. The van der Waals surface area contributed by atoms with Crippen molar-refractivity contribution in [2.75, 3.05) is 26.5 Å². The fourth-order valence-corrected chi connectivity index (χ4v) is 5.39. The van der Waals surface area contributed by atoms with Gasteiger partial charge in [0.25, 0.3) is 0 Å². The van der Waals surface area contributed by atoms with Gasteiger partial charge in [0, 0.05) is 20.1 Å². The summed E-state index contributed by atoms with van der Waals surface area (Å²) in [5.41, 5.74) is -2.26. The Kier molecular flexibility index (Phi) is 6.28. The average Bonchev–Trinajstić information content (AvgIpc) is 3.39. The van der Waals surface area contributed by atoms with Crippen LogP contribution < -0.4 is 4.72 Å². The molecule has 1 saturated carbocycles. The first-order chi connectivity index (χ1) is 15.6. The van der Waals surface area contributed by atoms with Crippen LogP contribution >= 0.6 is 0 Å². The number of halogens is 3. The number of rotatable bonds is 8. The standard InChI is InChI=1S/C23H25F3N2O4S/c1-32-13-19(27-33(2,30)31)20-10-11-28(20)22(29)16-12-23(16,26)15-7-4-3-6-14(15)21-17(24)8-5-9-18(21)25/h3-9,16,19-20,27H,10-13H2,1-2H3/t16-,19-,20+,23+/m0/s1. The van der Waals surface area contributed by atoms with Crippen LogP contribution in [0.5, 0.6) is 0 Å².